The van der Waals surface area contributed by atoms with Crippen LogP contribution in [0.15, 0.2) is 24.3 Å². The summed E-state index contributed by atoms with van der Waals surface area (Å²) in [6.07, 6.45) is 2.45. The summed E-state index contributed by atoms with van der Waals surface area (Å²) in [7, 11) is 2.14. The average molecular weight is 249 g/mol. The van der Waals surface area contributed by atoms with E-state index < -0.39 is 5.60 Å². The Morgan fingerprint density at radius 3 is 2.56 bits per heavy atom. The Hall–Kier alpha value is -1.06. The highest BCUT2D eigenvalue weighted by Gasteiger charge is 2.20. The predicted octanol–water partition coefficient (Wildman–Crippen LogP) is 2.39. The van der Waals surface area contributed by atoms with Crippen molar-refractivity contribution in [2.24, 2.45) is 0 Å². The maximum absolute atomic E-state index is 9.99. The smallest absolute Gasteiger partial charge is 0.120 e. The molecule has 1 aromatic rings. The van der Waals surface area contributed by atoms with Crippen LogP contribution in [0.1, 0.15) is 32.3 Å². The van der Waals surface area contributed by atoms with Crippen molar-refractivity contribution in [3.05, 3.63) is 29.8 Å². The number of nitrogens with zero attached hydrogens (tertiary/aromatic N) is 1. The van der Waals surface area contributed by atoms with E-state index in [1.807, 2.05) is 24.3 Å². The van der Waals surface area contributed by atoms with Gasteiger partial charge in [0, 0.05) is 13.1 Å². The number of likely N-dealkylation sites (tertiary alicyclic amines) is 1. The summed E-state index contributed by atoms with van der Waals surface area (Å²) in [5, 5.41) is 9.99. The molecule has 1 N–H and O–H groups in total. The zero-order chi connectivity index (χ0) is 13.2. The summed E-state index contributed by atoms with van der Waals surface area (Å²) < 4.78 is 6.00. The minimum Gasteiger partial charge on any atom is -0.490 e. The Morgan fingerprint density at radius 2 is 1.94 bits per heavy atom. The van der Waals surface area contributed by atoms with E-state index in [4.69, 9.17) is 4.74 Å². The molecule has 1 saturated heterocycles. The Morgan fingerprint density at radius 1 is 1.28 bits per heavy atom. The Labute approximate surface area is 109 Å². The van der Waals surface area contributed by atoms with Crippen LogP contribution in [-0.4, -0.2) is 36.2 Å². The number of aliphatic hydroxyl groups is 1. The molecule has 3 heteroatoms. The summed E-state index contributed by atoms with van der Waals surface area (Å²) >= 11 is 0. The molecule has 0 bridgehead atoms. The fourth-order valence-corrected chi connectivity index (χ4v) is 2.25. The third-order valence-corrected chi connectivity index (χ3v) is 3.51. The van der Waals surface area contributed by atoms with Crippen molar-refractivity contribution >= 4 is 0 Å². The van der Waals surface area contributed by atoms with Crippen molar-refractivity contribution in [1.29, 1.82) is 0 Å². The average Bonchev–Trinajstić information content (AvgIpc) is 2.31. The van der Waals surface area contributed by atoms with E-state index in [1.165, 1.54) is 0 Å². The highest BCUT2D eigenvalue weighted by molar-refractivity contribution is 5.31. The van der Waals surface area contributed by atoms with Crippen molar-refractivity contribution in [2.75, 3.05) is 20.1 Å². The number of rotatable bonds is 3. The Kier molecular flexibility index (Phi) is 3.93. The van der Waals surface area contributed by atoms with Crippen molar-refractivity contribution in [2.45, 2.75) is 38.4 Å². The summed E-state index contributed by atoms with van der Waals surface area (Å²) in [5.41, 5.74) is 0.0829. The standard InChI is InChI=1S/C15H23NO2/c1-15(2,17)12-5-4-6-14(11-12)18-13-7-9-16(3)10-8-13/h4-6,11,13,17H,7-10H2,1-3H3. The molecule has 0 aromatic heterocycles. The van der Waals surface area contributed by atoms with Crippen LogP contribution in [0.5, 0.6) is 5.75 Å². The van der Waals surface area contributed by atoms with Gasteiger partial charge in [-0.15, -0.1) is 0 Å². The van der Waals surface area contributed by atoms with Gasteiger partial charge in [0.25, 0.3) is 0 Å². The second-order valence-electron chi connectivity index (χ2n) is 5.71. The highest BCUT2D eigenvalue weighted by Crippen LogP contribution is 2.25. The van der Waals surface area contributed by atoms with Gasteiger partial charge in [-0.3, -0.25) is 0 Å². The minimum atomic E-state index is -0.813. The molecule has 1 heterocycles. The van der Waals surface area contributed by atoms with Crippen molar-refractivity contribution in [3.8, 4) is 5.75 Å². The molecule has 18 heavy (non-hydrogen) atoms. The summed E-state index contributed by atoms with van der Waals surface area (Å²) in [6, 6.07) is 7.78. The largest absolute Gasteiger partial charge is 0.490 e. The van der Waals surface area contributed by atoms with Crippen LogP contribution in [0.4, 0.5) is 0 Å². The van der Waals surface area contributed by atoms with Gasteiger partial charge in [0.2, 0.25) is 0 Å². The quantitative estimate of drug-likeness (QED) is 0.893. The number of piperidine rings is 1. The molecule has 2 rings (SSSR count). The normalized spacial score (nSPS) is 18.9. The topological polar surface area (TPSA) is 32.7 Å². The zero-order valence-electron chi connectivity index (χ0n) is 11.5. The van der Waals surface area contributed by atoms with Crippen molar-refractivity contribution in [1.82, 2.24) is 4.90 Å². The fourth-order valence-electron chi connectivity index (χ4n) is 2.25. The van der Waals surface area contributed by atoms with E-state index in [0.717, 1.165) is 37.2 Å². The molecule has 3 nitrogen and oxygen atoms in total. The fraction of sp³-hybridized carbons (Fsp3) is 0.600. The van der Waals surface area contributed by atoms with Gasteiger partial charge in [0.1, 0.15) is 11.9 Å². The molecule has 1 aliphatic heterocycles. The first-order valence-corrected chi connectivity index (χ1v) is 6.63. The SMILES string of the molecule is CN1CCC(Oc2cccc(C(C)(C)O)c2)CC1. The predicted molar refractivity (Wildman–Crippen MR) is 72.8 cm³/mol. The highest BCUT2D eigenvalue weighted by atomic mass is 16.5. The van der Waals surface area contributed by atoms with Crippen LogP contribution < -0.4 is 4.74 Å². The molecule has 1 aromatic carbocycles. The molecular formula is C15H23NO2. The van der Waals surface area contributed by atoms with Crippen LogP contribution in [-0.2, 0) is 5.60 Å². The van der Waals surface area contributed by atoms with E-state index in [0.29, 0.717) is 6.10 Å². The molecule has 0 atom stereocenters. The Balaban J connectivity index is 2.01. The van der Waals surface area contributed by atoms with Gasteiger partial charge in [-0.1, -0.05) is 12.1 Å². The molecule has 1 fully saturated rings. The van der Waals surface area contributed by atoms with Gasteiger partial charge in [0.15, 0.2) is 0 Å². The third kappa shape index (κ3) is 3.47. The lowest BCUT2D eigenvalue weighted by atomic mass is 9.98. The molecule has 100 valence electrons. The number of hydrogen-bond donors (Lipinski definition) is 1. The second-order valence-corrected chi connectivity index (χ2v) is 5.71. The van der Waals surface area contributed by atoms with Gasteiger partial charge >= 0.3 is 0 Å². The lowest BCUT2D eigenvalue weighted by molar-refractivity contribution is 0.0772. The number of hydrogen-bond acceptors (Lipinski definition) is 3. The Bertz CT molecular complexity index is 390. The molecule has 1 aliphatic rings. The zero-order valence-corrected chi connectivity index (χ0v) is 11.5. The van der Waals surface area contributed by atoms with E-state index in [1.54, 1.807) is 13.8 Å². The third-order valence-electron chi connectivity index (χ3n) is 3.51. The van der Waals surface area contributed by atoms with Gasteiger partial charge < -0.3 is 14.7 Å². The van der Waals surface area contributed by atoms with Crippen LogP contribution in [0.25, 0.3) is 0 Å². The first kappa shape index (κ1) is 13.4. The van der Waals surface area contributed by atoms with Gasteiger partial charge in [-0.25, -0.2) is 0 Å². The van der Waals surface area contributed by atoms with E-state index in [2.05, 4.69) is 11.9 Å². The molecule has 0 spiro atoms. The van der Waals surface area contributed by atoms with Crippen molar-refractivity contribution in [3.63, 3.8) is 0 Å². The maximum atomic E-state index is 9.99. The van der Waals surface area contributed by atoms with Crippen LogP contribution in [0.3, 0.4) is 0 Å². The molecule has 0 saturated carbocycles. The molecule has 0 amide bonds. The van der Waals surface area contributed by atoms with Crippen LogP contribution >= 0.6 is 0 Å². The van der Waals surface area contributed by atoms with Gasteiger partial charge in [0.05, 0.1) is 5.60 Å². The molecular weight excluding hydrogens is 226 g/mol. The second kappa shape index (κ2) is 5.29. The van der Waals surface area contributed by atoms with Crippen LogP contribution in [0, 0.1) is 0 Å². The lowest BCUT2D eigenvalue weighted by Gasteiger charge is -2.29. The van der Waals surface area contributed by atoms with Gasteiger partial charge in [-0.05, 0) is 51.4 Å². The molecule has 0 aliphatic carbocycles. The van der Waals surface area contributed by atoms with E-state index in [9.17, 15) is 5.11 Å². The number of benzene rings is 1. The monoisotopic (exact) mass is 249 g/mol. The number of ether oxygens (including phenoxy) is 1. The molecule has 0 radical (unpaired) electrons. The van der Waals surface area contributed by atoms with E-state index in [-0.39, 0.29) is 0 Å². The maximum Gasteiger partial charge on any atom is 0.120 e. The summed E-state index contributed by atoms with van der Waals surface area (Å²) in [6.45, 7) is 5.77. The first-order chi connectivity index (χ1) is 8.45. The summed E-state index contributed by atoms with van der Waals surface area (Å²) in [4.78, 5) is 2.33. The van der Waals surface area contributed by atoms with E-state index >= 15 is 0 Å². The summed E-state index contributed by atoms with van der Waals surface area (Å²) in [5.74, 6) is 0.865. The van der Waals surface area contributed by atoms with Gasteiger partial charge in [-0.2, -0.15) is 0 Å². The van der Waals surface area contributed by atoms with Crippen LogP contribution in [0.2, 0.25) is 0 Å². The molecule has 0 unspecified atom stereocenters. The lowest BCUT2D eigenvalue weighted by Crippen LogP contribution is -2.35. The first-order valence-electron chi connectivity index (χ1n) is 6.63. The van der Waals surface area contributed by atoms with Crippen molar-refractivity contribution < 1.29 is 9.84 Å². The minimum absolute atomic E-state index is 0.304.